The Balaban J connectivity index is 1.28. The molecule has 4 aromatic rings. The molecule has 0 radical (unpaired) electrons. The number of fused-ring (bicyclic) bond motifs is 1. The Bertz CT molecular complexity index is 1340. The van der Waals surface area contributed by atoms with Crippen LogP contribution in [0, 0.1) is 0 Å². The van der Waals surface area contributed by atoms with Crippen LogP contribution in [0.25, 0.3) is 22.0 Å². The number of hydrogen-bond acceptors (Lipinski definition) is 7. The van der Waals surface area contributed by atoms with Crippen LogP contribution in [-0.2, 0) is 4.74 Å². The average Bonchev–Trinajstić information content (AvgIpc) is 2.94. The van der Waals surface area contributed by atoms with Gasteiger partial charge >= 0.3 is 0 Å². The zero-order valence-corrected chi connectivity index (χ0v) is 20.7. The molecular formula is C29H32N6O. The third kappa shape index (κ3) is 4.85. The van der Waals surface area contributed by atoms with Gasteiger partial charge in [0.05, 0.1) is 18.7 Å². The van der Waals surface area contributed by atoms with Crippen LogP contribution in [0.1, 0.15) is 0 Å². The smallest absolute Gasteiger partial charge is 0.227 e. The van der Waals surface area contributed by atoms with Crippen molar-refractivity contribution >= 4 is 33.9 Å². The molecule has 3 heterocycles. The van der Waals surface area contributed by atoms with E-state index in [4.69, 9.17) is 9.72 Å². The highest BCUT2D eigenvalue weighted by Crippen LogP contribution is 2.31. The Labute approximate surface area is 212 Å². The first kappa shape index (κ1) is 22.8. The molecule has 0 saturated carbocycles. The van der Waals surface area contributed by atoms with Crippen LogP contribution in [0.2, 0.25) is 0 Å². The van der Waals surface area contributed by atoms with Gasteiger partial charge in [-0.3, -0.25) is 0 Å². The third-order valence-corrected chi connectivity index (χ3v) is 7.11. The Kier molecular flexibility index (Phi) is 6.40. The molecule has 2 aliphatic heterocycles. The zero-order valence-electron chi connectivity index (χ0n) is 20.7. The monoisotopic (exact) mass is 480 g/mol. The fourth-order valence-corrected chi connectivity index (χ4v) is 5.01. The molecule has 0 spiro atoms. The normalized spacial score (nSPS) is 16.9. The van der Waals surface area contributed by atoms with Crippen LogP contribution in [-0.4, -0.2) is 74.4 Å². The van der Waals surface area contributed by atoms with Crippen molar-refractivity contribution in [1.29, 1.82) is 0 Å². The Morgan fingerprint density at radius 3 is 2.33 bits per heavy atom. The minimum Gasteiger partial charge on any atom is -0.378 e. The summed E-state index contributed by atoms with van der Waals surface area (Å²) in [7, 11) is 2.18. The molecule has 0 aliphatic carbocycles. The quantitative estimate of drug-likeness (QED) is 0.447. The van der Waals surface area contributed by atoms with Crippen molar-refractivity contribution in [1.82, 2.24) is 14.9 Å². The number of morpholine rings is 1. The van der Waals surface area contributed by atoms with E-state index < -0.39 is 0 Å². The molecule has 6 rings (SSSR count). The van der Waals surface area contributed by atoms with Gasteiger partial charge in [-0.05, 0) is 42.9 Å². The summed E-state index contributed by atoms with van der Waals surface area (Å²) in [5, 5.41) is 4.47. The van der Waals surface area contributed by atoms with E-state index in [0.29, 0.717) is 5.95 Å². The highest BCUT2D eigenvalue weighted by atomic mass is 16.5. The summed E-state index contributed by atoms with van der Waals surface area (Å²) in [6.07, 6.45) is 1.91. The molecule has 3 aromatic carbocycles. The molecule has 2 saturated heterocycles. The van der Waals surface area contributed by atoms with Gasteiger partial charge in [0.1, 0.15) is 0 Å². The average molecular weight is 481 g/mol. The minimum atomic E-state index is 0.606. The first-order valence-electron chi connectivity index (χ1n) is 12.7. The first-order chi connectivity index (χ1) is 17.7. The van der Waals surface area contributed by atoms with Crippen molar-refractivity contribution in [3.05, 3.63) is 72.9 Å². The zero-order chi connectivity index (χ0) is 24.3. The summed E-state index contributed by atoms with van der Waals surface area (Å²) in [5.41, 5.74) is 6.67. The third-order valence-electron chi connectivity index (χ3n) is 7.11. The van der Waals surface area contributed by atoms with Gasteiger partial charge in [-0.1, -0.05) is 36.4 Å². The predicted molar refractivity (Wildman–Crippen MR) is 147 cm³/mol. The highest BCUT2D eigenvalue weighted by Gasteiger charge is 2.16. The Morgan fingerprint density at radius 1 is 0.778 bits per heavy atom. The number of rotatable bonds is 5. The van der Waals surface area contributed by atoms with Gasteiger partial charge in [-0.2, -0.15) is 0 Å². The fraction of sp³-hybridized carbons (Fsp3) is 0.310. The number of nitrogens with one attached hydrogen (secondary N) is 1. The van der Waals surface area contributed by atoms with E-state index in [9.17, 15) is 0 Å². The molecule has 2 aliphatic rings. The van der Waals surface area contributed by atoms with Crippen molar-refractivity contribution in [3.63, 3.8) is 0 Å². The topological polar surface area (TPSA) is 56.8 Å². The molecule has 0 unspecified atom stereocenters. The van der Waals surface area contributed by atoms with Gasteiger partial charge in [-0.15, -0.1) is 0 Å². The van der Waals surface area contributed by atoms with E-state index in [-0.39, 0.29) is 0 Å². The molecular weight excluding hydrogens is 448 g/mol. The molecule has 2 fully saturated rings. The van der Waals surface area contributed by atoms with E-state index >= 15 is 0 Å². The molecule has 1 N–H and O–H groups in total. The van der Waals surface area contributed by atoms with Crippen LogP contribution in [0.5, 0.6) is 0 Å². The van der Waals surface area contributed by atoms with E-state index in [1.807, 2.05) is 6.20 Å². The van der Waals surface area contributed by atoms with Crippen molar-refractivity contribution in [2.45, 2.75) is 0 Å². The number of benzene rings is 3. The predicted octanol–water partition coefficient (Wildman–Crippen LogP) is 4.63. The second kappa shape index (κ2) is 10.1. The van der Waals surface area contributed by atoms with Gasteiger partial charge in [0.2, 0.25) is 5.95 Å². The summed E-state index contributed by atoms with van der Waals surface area (Å²) in [5.74, 6) is 0.606. The molecule has 1 aromatic heterocycles. The number of piperazine rings is 1. The number of anilines is 4. The lowest BCUT2D eigenvalue weighted by Crippen LogP contribution is -2.44. The van der Waals surface area contributed by atoms with Gasteiger partial charge in [-0.25, -0.2) is 9.97 Å². The number of likely N-dealkylation sites (N-methyl/N-ethyl adjacent to an activating group) is 1. The van der Waals surface area contributed by atoms with E-state index in [0.717, 1.165) is 80.2 Å². The lowest BCUT2D eigenvalue weighted by Gasteiger charge is -2.34. The van der Waals surface area contributed by atoms with Crippen LogP contribution < -0.4 is 15.1 Å². The van der Waals surface area contributed by atoms with E-state index in [1.54, 1.807) is 0 Å². The number of ether oxygens (including phenoxy) is 1. The molecule has 36 heavy (non-hydrogen) atoms. The molecule has 0 bridgehead atoms. The van der Waals surface area contributed by atoms with Gasteiger partial charge in [0.15, 0.2) is 0 Å². The first-order valence-corrected chi connectivity index (χ1v) is 12.7. The SMILES string of the molecule is CN1CCN(c2cccc(Nc3ncc4cccc(-c5cccc(N6CCOCC6)c5)c4n3)c2)CC1. The largest absolute Gasteiger partial charge is 0.378 e. The van der Waals surface area contributed by atoms with Crippen LogP contribution in [0.15, 0.2) is 72.9 Å². The number of para-hydroxylation sites is 1. The fourth-order valence-electron chi connectivity index (χ4n) is 5.01. The maximum Gasteiger partial charge on any atom is 0.227 e. The van der Waals surface area contributed by atoms with E-state index in [1.165, 1.54) is 11.4 Å². The molecule has 7 heteroatoms. The van der Waals surface area contributed by atoms with Crippen molar-refractivity contribution in [2.24, 2.45) is 0 Å². The Morgan fingerprint density at radius 2 is 1.50 bits per heavy atom. The molecule has 7 nitrogen and oxygen atoms in total. The highest BCUT2D eigenvalue weighted by molar-refractivity contribution is 5.94. The number of aromatic nitrogens is 2. The maximum absolute atomic E-state index is 5.53. The summed E-state index contributed by atoms with van der Waals surface area (Å²) >= 11 is 0. The standard InChI is InChI=1S/C29H32N6O/c1-33-11-13-34(14-12-33)26-9-4-7-24(20-26)31-29-30-21-23-6-3-10-27(28(23)32-29)22-5-2-8-25(19-22)35-15-17-36-18-16-35/h2-10,19-21H,11-18H2,1H3,(H,30,31,32). The van der Waals surface area contributed by atoms with Crippen LogP contribution >= 0.6 is 0 Å². The molecule has 0 amide bonds. The second-order valence-corrected chi connectivity index (χ2v) is 9.55. The molecule has 0 atom stereocenters. The molecule has 184 valence electrons. The summed E-state index contributed by atoms with van der Waals surface area (Å²) in [4.78, 5) is 16.8. The summed E-state index contributed by atoms with van der Waals surface area (Å²) in [6.45, 7) is 7.64. The lowest BCUT2D eigenvalue weighted by atomic mass is 10.0. The summed E-state index contributed by atoms with van der Waals surface area (Å²) in [6, 6.07) is 23.6. The van der Waals surface area contributed by atoms with Gasteiger partial charge < -0.3 is 24.8 Å². The van der Waals surface area contributed by atoms with Gasteiger partial charge in [0.25, 0.3) is 0 Å². The van der Waals surface area contributed by atoms with Gasteiger partial charge in [0, 0.05) is 73.5 Å². The minimum absolute atomic E-state index is 0.606. The lowest BCUT2D eigenvalue weighted by molar-refractivity contribution is 0.122. The van der Waals surface area contributed by atoms with Crippen molar-refractivity contribution in [2.75, 3.05) is 74.6 Å². The van der Waals surface area contributed by atoms with Crippen LogP contribution in [0.4, 0.5) is 23.0 Å². The van der Waals surface area contributed by atoms with Crippen molar-refractivity contribution < 1.29 is 4.74 Å². The second-order valence-electron chi connectivity index (χ2n) is 9.55. The maximum atomic E-state index is 5.53. The number of hydrogen-bond donors (Lipinski definition) is 1. The summed E-state index contributed by atoms with van der Waals surface area (Å²) < 4.78 is 5.53. The van der Waals surface area contributed by atoms with Crippen LogP contribution in [0.3, 0.4) is 0 Å². The number of nitrogens with zero attached hydrogens (tertiary/aromatic N) is 5. The Hall–Kier alpha value is -3.68. The van der Waals surface area contributed by atoms with E-state index in [2.05, 4.69) is 98.8 Å². The van der Waals surface area contributed by atoms with Crippen molar-refractivity contribution in [3.8, 4) is 11.1 Å².